The molecule has 10 heteroatoms. The van der Waals surface area contributed by atoms with Gasteiger partial charge in [0.05, 0.1) is 35.3 Å². The number of hydrogen-bond acceptors (Lipinski definition) is 6. The van der Waals surface area contributed by atoms with Crippen molar-refractivity contribution in [1.29, 1.82) is 0 Å². The zero-order valence-electron chi connectivity index (χ0n) is 22.7. The van der Waals surface area contributed by atoms with Gasteiger partial charge in [0.1, 0.15) is 11.5 Å². The first-order chi connectivity index (χ1) is 20.3. The van der Waals surface area contributed by atoms with Gasteiger partial charge in [-0.05, 0) is 60.2 Å². The lowest BCUT2D eigenvalue weighted by Crippen LogP contribution is -2.30. The molecule has 4 aromatic carbocycles. The van der Waals surface area contributed by atoms with E-state index in [2.05, 4.69) is 25.9 Å². The number of halogens is 3. The molecule has 0 saturated carbocycles. The summed E-state index contributed by atoms with van der Waals surface area (Å²) in [6, 6.07) is 30.2. The fourth-order valence-electron chi connectivity index (χ4n) is 4.13. The number of benzene rings is 4. The van der Waals surface area contributed by atoms with Crippen LogP contribution in [-0.2, 0) is 0 Å². The van der Waals surface area contributed by atoms with Crippen molar-refractivity contribution < 1.29 is 19.5 Å². The Morgan fingerprint density at radius 3 is 1.75 bits per heavy atom. The monoisotopic (exact) mass is 694 g/mol. The van der Waals surface area contributed by atoms with Gasteiger partial charge in [0.15, 0.2) is 0 Å². The second kappa shape index (κ2) is 17.6. The van der Waals surface area contributed by atoms with Gasteiger partial charge in [-0.1, -0.05) is 96.4 Å². The van der Waals surface area contributed by atoms with Gasteiger partial charge in [-0.25, -0.2) is 0 Å². The largest absolute Gasteiger partial charge is 0.497 e. The highest BCUT2D eigenvalue weighted by Gasteiger charge is 2.15. The first kappa shape index (κ1) is 36.5. The van der Waals surface area contributed by atoms with Crippen molar-refractivity contribution >= 4 is 73.5 Å². The third kappa shape index (κ3) is 9.18. The van der Waals surface area contributed by atoms with Crippen molar-refractivity contribution in [3.8, 4) is 22.6 Å². The summed E-state index contributed by atoms with van der Waals surface area (Å²) in [5.41, 5.74) is 4.32. The van der Waals surface area contributed by atoms with E-state index < -0.39 is 7.12 Å². The molecule has 0 aliphatic carbocycles. The van der Waals surface area contributed by atoms with Crippen LogP contribution in [0, 0.1) is 0 Å². The molecule has 0 aliphatic rings. The maximum absolute atomic E-state index is 8.81. The zero-order valence-corrected chi connectivity index (χ0v) is 25.8. The maximum Gasteiger partial charge on any atom is 0.492 e. The normalized spacial score (nSPS) is 9.80. The number of aromatic nitrogens is 2. The van der Waals surface area contributed by atoms with Gasteiger partial charge in [-0.15, -0.1) is 0 Å². The van der Waals surface area contributed by atoms with Crippen molar-refractivity contribution in [2.45, 2.75) is 14.9 Å². The lowest BCUT2D eigenvalue weighted by Gasteiger charge is -2.09. The van der Waals surface area contributed by atoms with E-state index in [4.69, 9.17) is 42.7 Å². The standard InChI is InChI=1S/C16H12ClNO.C9H5BrClN.C7H9BO3.2CH4/c1-19-16-5-3-2-4-12(16)11-6-7-15-13(10-11)14(17)8-9-18-15;10-6-1-2-9-7(5-6)8(11)3-4-12-9;1-11-7-5-3-2-4-6(7)8(9)10;;/h2-10H,1H3;1-5H;2-5,9-10H,1H3;2*1H4. The van der Waals surface area contributed by atoms with Crippen LogP contribution in [0.4, 0.5) is 0 Å². The Bertz CT molecular complexity index is 1810. The molecule has 2 heterocycles. The van der Waals surface area contributed by atoms with E-state index >= 15 is 0 Å². The van der Waals surface area contributed by atoms with E-state index in [1.54, 1.807) is 55.9 Å². The lowest BCUT2D eigenvalue weighted by atomic mass is 9.80. The van der Waals surface area contributed by atoms with Gasteiger partial charge in [0.25, 0.3) is 0 Å². The van der Waals surface area contributed by atoms with Gasteiger partial charge in [0.2, 0.25) is 0 Å². The molecule has 0 unspecified atom stereocenters. The Morgan fingerprint density at radius 2 is 1.18 bits per heavy atom. The third-order valence-corrected chi connectivity index (χ3v) is 7.33. The highest BCUT2D eigenvalue weighted by Crippen LogP contribution is 2.33. The molecule has 2 aromatic heterocycles. The molecule has 0 radical (unpaired) electrons. The minimum Gasteiger partial charge on any atom is -0.497 e. The zero-order chi connectivity index (χ0) is 30.1. The summed E-state index contributed by atoms with van der Waals surface area (Å²) in [6.07, 6.45) is 3.42. The van der Waals surface area contributed by atoms with Crippen LogP contribution in [-0.4, -0.2) is 41.4 Å². The number of para-hydroxylation sites is 2. The van der Waals surface area contributed by atoms with Gasteiger partial charge in [-0.2, -0.15) is 0 Å². The van der Waals surface area contributed by atoms with Crippen molar-refractivity contribution in [3.05, 3.63) is 124 Å². The molecule has 0 bridgehead atoms. The molecule has 0 spiro atoms. The second-order valence-corrected chi connectivity index (χ2v) is 10.5. The fraction of sp³-hybridized carbons (Fsp3) is 0.118. The smallest absolute Gasteiger partial charge is 0.492 e. The predicted molar refractivity (Wildman–Crippen MR) is 189 cm³/mol. The number of pyridine rings is 2. The highest BCUT2D eigenvalue weighted by atomic mass is 79.9. The van der Waals surface area contributed by atoms with Crippen LogP contribution in [0.3, 0.4) is 0 Å². The number of ether oxygens (including phenoxy) is 2. The summed E-state index contributed by atoms with van der Waals surface area (Å²) < 4.78 is 11.3. The Kier molecular flexibility index (Phi) is 14.6. The third-order valence-electron chi connectivity index (χ3n) is 6.17. The average Bonchev–Trinajstić information content (AvgIpc) is 3.02. The Balaban J connectivity index is 0.000000237. The molecule has 0 atom stereocenters. The predicted octanol–water partition coefficient (Wildman–Crippen LogP) is 8.86. The average molecular weight is 696 g/mol. The number of methoxy groups -OCH3 is 2. The quantitative estimate of drug-likeness (QED) is 0.179. The topological polar surface area (TPSA) is 84.7 Å². The van der Waals surface area contributed by atoms with E-state index in [0.717, 1.165) is 48.2 Å². The van der Waals surface area contributed by atoms with E-state index in [0.29, 0.717) is 16.2 Å². The molecule has 6 aromatic rings. The summed E-state index contributed by atoms with van der Waals surface area (Å²) in [5.74, 6) is 1.34. The molecule has 6 nitrogen and oxygen atoms in total. The molecule has 0 saturated heterocycles. The fourth-order valence-corrected chi connectivity index (χ4v) is 4.90. The summed E-state index contributed by atoms with van der Waals surface area (Å²) in [4.78, 5) is 8.48. The number of rotatable bonds is 4. The molecular formula is C34H34BBrCl2N2O4. The number of fused-ring (bicyclic) bond motifs is 2. The lowest BCUT2D eigenvalue weighted by molar-refractivity contribution is 0.403. The first-order valence-corrected chi connectivity index (χ1v) is 14.2. The van der Waals surface area contributed by atoms with E-state index in [1.165, 1.54) is 7.11 Å². The van der Waals surface area contributed by atoms with Crippen molar-refractivity contribution in [1.82, 2.24) is 9.97 Å². The van der Waals surface area contributed by atoms with Crippen LogP contribution in [0.25, 0.3) is 32.9 Å². The molecule has 6 rings (SSSR count). The summed E-state index contributed by atoms with van der Waals surface area (Å²) in [6.45, 7) is 0. The van der Waals surface area contributed by atoms with Gasteiger partial charge >= 0.3 is 7.12 Å². The van der Waals surface area contributed by atoms with Gasteiger partial charge in [-0.3, -0.25) is 9.97 Å². The van der Waals surface area contributed by atoms with Crippen LogP contribution in [0.2, 0.25) is 10.0 Å². The summed E-state index contributed by atoms with van der Waals surface area (Å²) in [5, 5.41) is 21.0. The Labute approximate surface area is 277 Å². The minimum atomic E-state index is -1.47. The van der Waals surface area contributed by atoms with E-state index in [-0.39, 0.29) is 14.9 Å². The van der Waals surface area contributed by atoms with Crippen LogP contribution in [0.1, 0.15) is 14.9 Å². The Hall–Kier alpha value is -3.66. The van der Waals surface area contributed by atoms with Crippen molar-refractivity contribution in [2.24, 2.45) is 0 Å². The molecule has 44 heavy (non-hydrogen) atoms. The second-order valence-electron chi connectivity index (χ2n) is 8.79. The van der Waals surface area contributed by atoms with Crippen molar-refractivity contribution in [2.75, 3.05) is 14.2 Å². The molecule has 2 N–H and O–H groups in total. The van der Waals surface area contributed by atoms with Crippen molar-refractivity contribution in [3.63, 3.8) is 0 Å². The molecule has 0 amide bonds. The Morgan fingerprint density at radius 1 is 0.659 bits per heavy atom. The molecule has 0 fully saturated rings. The maximum atomic E-state index is 8.81. The van der Waals surface area contributed by atoms with Gasteiger partial charge in [0, 0.05) is 38.7 Å². The SMILES string of the molecule is C.C.COc1ccccc1-c1ccc2nccc(Cl)c2c1.COc1ccccc1B(O)O.Clc1ccnc2ccc(Br)cc12. The van der Waals surface area contributed by atoms with Crippen LogP contribution < -0.4 is 14.9 Å². The van der Waals surface area contributed by atoms with E-state index in [9.17, 15) is 0 Å². The summed E-state index contributed by atoms with van der Waals surface area (Å²) >= 11 is 15.6. The number of nitrogens with zero attached hydrogens (tertiary/aromatic N) is 2. The van der Waals surface area contributed by atoms with Crippen LogP contribution in [0.5, 0.6) is 11.5 Å². The first-order valence-electron chi connectivity index (χ1n) is 12.7. The highest BCUT2D eigenvalue weighted by molar-refractivity contribution is 9.10. The molecule has 0 aliphatic heterocycles. The van der Waals surface area contributed by atoms with Crippen LogP contribution >= 0.6 is 39.1 Å². The minimum absolute atomic E-state index is 0. The van der Waals surface area contributed by atoms with E-state index in [1.807, 2.05) is 60.7 Å². The number of hydrogen-bond donors (Lipinski definition) is 2. The van der Waals surface area contributed by atoms with Crippen LogP contribution in [0.15, 0.2) is 114 Å². The molecular weight excluding hydrogens is 662 g/mol. The summed E-state index contributed by atoms with van der Waals surface area (Å²) in [7, 11) is 1.70. The molecule has 228 valence electrons. The van der Waals surface area contributed by atoms with Gasteiger partial charge < -0.3 is 19.5 Å².